The van der Waals surface area contributed by atoms with E-state index in [1.807, 2.05) is 53.4 Å². The molecule has 0 aliphatic carbocycles. The average Bonchev–Trinajstić information content (AvgIpc) is 3.17. The second kappa shape index (κ2) is 7.87. The van der Waals surface area contributed by atoms with Gasteiger partial charge >= 0.3 is 0 Å². The molecule has 1 aromatic heterocycles. The van der Waals surface area contributed by atoms with Gasteiger partial charge in [0, 0.05) is 18.1 Å². The quantitative estimate of drug-likeness (QED) is 0.707. The minimum Gasteiger partial charge on any atom is -0.497 e. The second-order valence-electron chi connectivity index (χ2n) is 6.14. The number of hydrogen-bond acceptors (Lipinski definition) is 2. The largest absolute Gasteiger partial charge is 0.497 e. The van der Waals surface area contributed by atoms with E-state index in [1.54, 1.807) is 26.2 Å². The van der Waals surface area contributed by atoms with Crippen molar-refractivity contribution in [3.05, 3.63) is 83.9 Å². The number of amides is 1. The highest BCUT2D eigenvalue weighted by Gasteiger charge is 2.18. The molecule has 0 bridgehead atoms. The molecule has 3 aromatic rings. The number of carbonyl (C=O) groups excluding carboxylic acids is 1. The van der Waals surface area contributed by atoms with E-state index in [2.05, 4.69) is 5.32 Å². The summed E-state index contributed by atoms with van der Waals surface area (Å²) in [6, 6.07) is 16.0. The lowest BCUT2D eigenvalue weighted by molar-refractivity contribution is -0.116. The van der Waals surface area contributed by atoms with Crippen LogP contribution in [0, 0.1) is 12.7 Å². The van der Waals surface area contributed by atoms with Crippen LogP contribution in [0.25, 0.3) is 0 Å². The second-order valence-corrected chi connectivity index (χ2v) is 6.14. The number of nitrogens with zero attached hydrogens (tertiary/aromatic N) is 1. The van der Waals surface area contributed by atoms with Crippen molar-refractivity contribution < 1.29 is 13.9 Å². The number of aryl methyl sites for hydroxylation is 1. The highest BCUT2D eigenvalue weighted by atomic mass is 19.1. The predicted molar refractivity (Wildman–Crippen MR) is 99.9 cm³/mol. The van der Waals surface area contributed by atoms with Gasteiger partial charge in [0.1, 0.15) is 11.6 Å². The molecule has 1 heterocycles. The minimum atomic E-state index is -0.336. The Bertz CT molecular complexity index is 891. The summed E-state index contributed by atoms with van der Waals surface area (Å²) in [5, 5.41) is 2.78. The summed E-state index contributed by atoms with van der Waals surface area (Å²) in [5.74, 6) is 0.216. The van der Waals surface area contributed by atoms with E-state index >= 15 is 0 Å². The van der Waals surface area contributed by atoms with Crippen LogP contribution >= 0.6 is 0 Å². The highest BCUT2D eigenvalue weighted by Crippen LogP contribution is 2.26. The van der Waals surface area contributed by atoms with Crippen LogP contribution in [0.15, 0.2) is 67.0 Å². The van der Waals surface area contributed by atoms with Gasteiger partial charge < -0.3 is 14.6 Å². The Morgan fingerprint density at radius 1 is 1.15 bits per heavy atom. The Kier molecular flexibility index (Phi) is 5.37. The molecule has 0 saturated heterocycles. The topological polar surface area (TPSA) is 43.3 Å². The van der Waals surface area contributed by atoms with Gasteiger partial charge in [0.05, 0.1) is 19.6 Å². The van der Waals surface area contributed by atoms with E-state index in [0.717, 1.165) is 11.3 Å². The first-order valence-corrected chi connectivity index (χ1v) is 8.39. The smallest absolute Gasteiger partial charge is 0.226 e. The number of carbonyl (C=O) groups is 1. The molecule has 2 aromatic carbocycles. The van der Waals surface area contributed by atoms with Crippen molar-refractivity contribution in [2.24, 2.45) is 0 Å². The Hall–Kier alpha value is -3.08. The summed E-state index contributed by atoms with van der Waals surface area (Å²) in [7, 11) is 1.61. The number of ether oxygens (including phenoxy) is 1. The van der Waals surface area contributed by atoms with Gasteiger partial charge in [-0.2, -0.15) is 0 Å². The van der Waals surface area contributed by atoms with E-state index in [1.165, 1.54) is 6.07 Å². The summed E-state index contributed by atoms with van der Waals surface area (Å²) in [6.45, 7) is 1.69. The van der Waals surface area contributed by atoms with Gasteiger partial charge in [0.2, 0.25) is 5.91 Å². The monoisotopic (exact) mass is 352 g/mol. The van der Waals surface area contributed by atoms with Crippen LogP contribution in [-0.2, 0) is 4.79 Å². The number of aromatic nitrogens is 1. The van der Waals surface area contributed by atoms with E-state index in [4.69, 9.17) is 4.74 Å². The summed E-state index contributed by atoms with van der Waals surface area (Å²) in [4.78, 5) is 12.6. The van der Waals surface area contributed by atoms with Crippen molar-refractivity contribution in [2.75, 3.05) is 12.4 Å². The zero-order valence-corrected chi connectivity index (χ0v) is 14.8. The molecular weight excluding hydrogens is 331 g/mol. The average molecular weight is 352 g/mol. The molecule has 3 rings (SSSR count). The first-order valence-electron chi connectivity index (χ1n) is 8.39. The zero-order chi connectivity index (χ0) is 18.5. The summed E-state index contributed by atoms with van der Waals surface area (Å²) in [6.07, 6.45) is 4.06. The van der Waals surface area contributed by atoms with Crippen LogP contribution in [0.1, 0.15) is 23.6 Å². The Morgan fingerprint density at radius 2 is 1.92 bits per heavy atom. The van der Waals surface area contributed by atoms with Crippen LogP contribution in [0.2, 0.25) is 0 Å². The normalized spacial score (nSPS) is 11.8. The van der Waals surface area contributed by atoms with Crippen molar-refractivity contribution >= 4 is 11.6 Å². The van der Waals surface area contributed by atoms with Crippen molar-refractivity contribution in [1.82, 2.24) is 4.57 Å². The van der Waals surface area contributed by atoms with Crippen molar-refractivity contribution in [3.63, 3.8) is 0 Å². The fourth-order valence-corrected chi connectivity index (χ4v) is 2.86. The third kappa shape index (κ3) is 4.11. The van der Waals surface area contributed by atoms with Gasteiger partial charge in [0.15, 0.2) is 0 Å². The van der Waals surface area contributed by atoms with E-state index < -0.39 is 0 Å². The van der Waals surface area contributed by atoms with Crippen LogP contribution < -0.4 is 10.1 Å². The first-order chi connectivity index (χ1) is 12.6. The molecule has 0 spiro atoms. The van der Waals surface area contributed by atoms with Crippen molar-refractivity contribution in [1.29, 1.82) is 0 Å². The molecule has 0 unspecified atom stereocenters. The first kappa shape index (κ1) is 17.7. The number of hydrogen-bond donors (Lipinski definition) is 1. The Morgan fingerprint density at radius 3 is 2.62 bits per heavy atom. The number of nitrogens with one attached hydrogen (secondary N) is 1. The van der Waals surface area contributed by atoms with Crippen LogP contribution in [0.3, 0.4) is 0 Å². The maximum absolute atomic E-state index is 13.7. The number of methoxy groups -OCH3 is 1. The van der Waals surface area contributed by atoms with E-state index in [-0.39, 0.29) is 24.2 Å². The SMILES string of the molecule is COc1cccc([C@@H](CC(=O)Nc2ccc(C)c(F)c2)n2cccc2)c1. The third-order valence-corrected chi connectivity index (χ3v) is 4.30. The molecule has 26 heavy (non-hydrogen) atoms. The maximum atomic E-state index is 13.7. The molecule has 134 valence electrons. The van der Waals surface area contributed by atoms with Gasteiger partial charge in [0.25, 0.3) is 0 Å². The molecule has 0 radical (unpaired) electrons. The lowest BCUT2D eigenvalue weighted by Crippen LogP contribution is -2.19. The minimum absolute atomic E-state index is 0.185. The van der Waals surface area contributed by atoms with E-state index in [0.29, 0.717) is 11.3 Å². The third-order valence-electron chi connectivity index (χ3n) is 4.30. The summed E-state index contributed by atoms with van der Waals surface area (Å²) < 4.78 is 21.0. The lowest BCUT2D eigenvalue weighted by atomic mass is 10.0. The molecule has 0 saturated carbocycles. The summed E-state index contributed by atoms with van der Waals surface area (Å²) in [5.41, 5.74) is 1.96. The fourth-order valence-electron chi connectivity index (χ4n) is 2.86. The van der Waals surface area contributed by atoms with E-state index in [9.17, 15) is 9.18 Å². The van der Waals surface area contributed by atoms with Crippen LogP contribution in [0.5, 0.6) is 5.75 Å². The van der Waals surface area contributed by atoms with Gasteiger partial charge in [-0.15, -0.1) is 0 Å². The van der Waals surface area contributed by atoms with Gasteiger partial charge in [-0.1, -0.05) is 18.2 Å². The molecule has 4 nitrogen and oxygen atoms in total. The van der Waals surface area contributed by atoms with Gasteiger partial charge in [-0.3, -0.25) is 4.79 Å². The molecule has 0 fully saturated rings. The van der Waals surface area contributed by atoms with Crippen molar-refractivity contribution in [3.8, 4) is 5.75 Å². The molecule has 1 N–H and O–H groups in total. The zero-order valence-electron chi connectivity index (χ0n) is 14.8. The van der Waals surface area contributed by atoms with Gasteiger partial charge in [-0.05, 0) is 54.4 Å². The van der Waals surface area contributed by atoms with Gasteiger partial charge in [-0.25, -0.2) is 4.39 Å². The highest BCUT2D eigenvalue weighted by molar-refractivity contribution is 5.91. The van der Waals surface area contributed by atoms with Crippen LogP contribution in [0.4, 0.5) is 10.1 Å². The molecule has 1 atom stereocenters. The molecule has 1 amide bonds. The lowest BCUT2D eigenvalue weighted by Gasteiger charge is -2.20. The summed E-state index contributed by atoms with van der Waals surface area (Å²) >= 11 is 0. The molecular formula is C21H21FN2O2. The fraction of sp³-hybridized carbons (Fsp3) is 0.190. The maximum Gasteiger partial charge on any atom is 0.226 e. The number of rotatable bonds is 6. The molecule has 0 aliphatic heterocycles. The number of benzene rings is 2. The Balaban J connectivity index is 1.81. The standard InChI is InChI=1S/C21H21FN2O2/c1-15-8-9-17(13-19(15)22)23-21(25)14-20(24-10-3-4-11-24)16-6-5-7-18(12-16)26-2/h3-13,20H,14H2,1-2H3,(H,23,25)/t20-/m1/s1. The Labute approximate surface area is 152 Å². The number of halogens is 1. The predicted octanol–water partition coefficient (Wildman–Crippen LogP) is 4.56. The van der Waals surface area contributed by atoms with Crippen molar-refractivity contribution in [2.45, 2.75) is 19.4 Å². The molecule has 0 aliphatic rings. The molecule has 5 heteroatoms. The number of anilines is 1. The van der Waals surface area contributed by atoms with Crippen LogP contribution in [-0.4, -0.2) is 17.6 Å².